The summed E-state index contributed by atoms with van der Waals surface area (Å²) in [6.07, 6.45) is 0. The first-order valence-corrected chi connectivity index (χ1v) is 6.33. The molecule has 0 saturated carbocycles. The van der Waals surface area contributed by atoms with Crippen LogP contribution in [0.1, 0.15) is 10.4 Å². The molecule has 0 atom stereocenters. The van der Waals surface area contributed by atoms with E-state index in [4.69, 9.17) is 21.1 Å². The van der Waals surface area contributed by atoms with Crippen molar-refractivity contribution in [3.8, 4) is 11.5 Å². The van der Waals surface area contributed by atoms with E-state index in [9.17, 15) is 13.6 Å². The molecular weight excluding hydrogens is 302 g/mol. The van der Waals surface area contributed by atoms with E-state index >= 15 is 0 Å². The molecule has 2 aromatic rings. The molecule has 3 nitrogen and oxygen atoms in total. The van der Waals surface area contributed by atoms with Gasteiger partial charge in [-0.1, -0.05) is 11.6 Å². The summed E-state index contributed by atoms with van der Waals surface area (Å²) in [4.78, 5) is 12.0. The van der Waals surface area contributed by atoms with Crippen LogP contribution in [0.2, 0.25) is 5.02 Å². The third-order valence-corrected chi connectivity index (χ3v) is 3.03. The van der Waals surface area contributed by atoms with Crippen LogP contribution in [-0.4, -0.2) is 19.5 Å². The Hall–Kier alpha value is -2.14. The van der Waals surface area contributed by atoms with Crippen molar-refractivity contribution in [2.24, 2.45) is 0 Å². The highest BCUT2D eigenvalue weighted by Gasteiger charge is 2.14. The van der Waals surface area contributed by atoms with Crippen LogP contribution in [0.5, 0.6) is 11.5 Å². The average molecular weight is 313 g/mol. The van der Waals surface area contributed by atoms with Gasteiger partial charge < -0.3 is 9.47 Å². The SMILES string of the molecule is COc1ccc(F)cc1C(=O)COc1ccc(Cl)c(F)c1. The number of rotatable bonds is 5. The normalized spacial score (nSPS) is 10.3. The van der Waals surface area contributed by atoms with Crippen molar-refractivity contribution in [3.05, 3.63) is 58.6 Å². The van der Waals surface area contributed by atoms with Crippen molar-refractivity contribution in [2.75, 3.05) is 13.7 Å². The number of ether oxygens (including phenoxy) is 2. The summed E-state index contributed by atoms with van der Waals surface area (Å²) in [5, 5.41) is -0.0412. The van der Waals surface area contributed by atoms with Gasteiger partial charge in [0.15, 0.2) is 6.61 Å². The molecule has 2 aromatic carbocycles. The number of hydrogen-bond donors (Lipinski definition) is 0. The molecule has 0 aromatic heterocycles. The van der Waals surface area contributed by atoms with Gasteiger partial charge in [-0.05, 0) is 30.3 Å². The summed E-state index contributed by atoms with van der Waals surface area (Å²) in [6, 6.07) is 7.42. The van der Waals surface area contributed by atoms with Gasteiger partial charge in [0, 0.05) is 6.07 Å². The quantitative estimate of drug-likeness (QED) is 0.786. The standard InChI is InChI=1S/C15H11ClF2O3/c1-20-15-5-2-9(17)6-11(15)14(19)8-21-10-3-4-12(16)13(18)7-10/h2-7H,8H2,1H3. The molecule has 0 unspecified atom stereocenters. The Kier molecular flexibility index (Phi) is 4.75. The molecule has 0 spiro atoms. The molecule has 0 fully saturated rings. The summed E-state index contributed by atoms with van der Waals surface area (Å²) in [7, 11) is 1.37. The highest BCUT2D eigenvalue weighted by atomic mass is 35.5. The molecule has 0 heterocycles. The minimum absolute atomic E-state index is 0.0412. The summed E-state index contributed by atoms with van der Waals surface area (Å²) >= 11 is 5.54. The van der Waals surface area contributed by atoms with E-state index in [1.54, 1.807) is 0 Å². The molecule has 0 bridgehead atoms. The van der Waals surface area contributed by atoms with Crippen molar-refractivity contribution in [2.45, 2.75) is 0 Å². The summed E-state index contributed by atoms with van der Waals surface area (Å²) in [6.45, 7) is -0.374. The molecular formula is C15H11ClF2O3. The van der Waals surface area contributed by atoms with Crippen molar-refractivity contribution in [3.63, 3.8) is 0 Å². The van der Waals surface area contributed by atoms with Gasteiger partial charge in [0.1, 0.15) is 23.1 Å². The number of benzene rings is 2. The largest absolute Gasteiger partial charge is 0.496 e. The lowest BCUT2D eigenvalue weighted by Crippen LogP contribution is -2.13. The predicted molar refractivity (Wildman–Crippen MR) is 74.2 cm³/mol. The lowest BCUT2D eigenvalue weighted by molar-refractivity contribution is 0.0917. The number of carbonyl (C=O) groups excluding carboxylic acids is 1. The van der Waals surface area contributed by atoms with Gasteiger partial charge in [-0.25, -0.2) is 8.78 Å². The first kappa shape index (κ1) is 15.3. The molecule has 0 N–H and O–H groups in total. The first-order chi connectivity index (χ1) is 10.0. The summed E-state index contributed by atoms with van der Waals surface area (Å²) in [5.74, 6) is -1.30. The lowest BCUT2D eigenvalue weighted by Gasteiger charge is -2.09. The van der Waals surface area contributed by atoms with Crippen LogP contribution in [0, 0.1) is 11.6 Å². The first-order valence-electron chi connectivity index (χ1n) is 5.96. The molecule has 0 aliphatic heterocycles. The van der Waals surface area contributed by atoms with E-state index in [1.165, 1.54) is 31.4 Å². The predicted octanol–water partition coefficient (Wildman–Crippen LogP) is 3.89. The Bertz CT molecular complexity index is 674. The third kappa shape index (κ3) is 3.70. The number of Topliss-reactive ketones (excluding diaryl/α,β-unsaturated/α-hetero) is 1. The van der Waals surface area contributed by atoms with Crippen LogP contribution < -0.4 is 9.47 Å². The van der Waals surface area contributed by atoms with E-state index in [0.717, 1.165) is 12.1 Å². The van der Waals surface area contributed by atoms with Crippen LogP contribution in [0.15, 0.2) is 36.4 Å². The maximum atomic E-state index is 13.2. The minimum atomic E-state index is -0.648. The number of methoxy groups -OCH3 is 1. The zero-order valence-electron chi connectivity index (χ0n) is 11.0. The Morgan fingerprint density at radius 1 is 1.19 bits per heavy atom. The Balaban J connectivity index is 2.11. The van der Waals surface area contributed by atoms with Crippen LogP contribution in [-0.2, 0) is 0 Å². The molecule has 2 rings (SSSR count). The number of carbonyl (C=O) groups is 1. The Labute approximate surface area is 125 Å². The zero-order chi connectivity index (χ0) is 15.4. The number of halogens is 3. The van der Waals surface area contributed by atoms with Crippen LogP contribution in [0.4, 0.5) is 8.78 Å². The molecule has 6 heteroatoms. The van der Waals surface area contributed by atoms with Gasteiger partial charge >= 0.3 is 0 Å². The molecule has 0 saturated heterocycles. The molecule has 0 amide bonds. The third-order valence-electron chi connectivity index (χ3n) is 2.72. The van der Waals surface area contributed by atoms with Crippen LogP contribution in [0.25, 0.3) is 0 Å². The van der Waals surface area contributed by atoms with Crippen molar-refractivity contribution < 1.29 is 23.0 Å². The monoisotopic (exact) mass is 312 g/mol. The Morgan fingerprint density at radius 3 is 2.62 bits per heavy atom. The zero-order valence-corrected chi connectivity index (χ0v) is 11.8. The van der Waals surface area contributed by atoms with E-state index in [0.29, 0.717) is 0 Å². The fourth-order valence-electron chi connectivity index (χ4n) is 1.69. The average Bonchev–Trinajstić information content (AvgIpc) is 2.48. The van der Waals surface area contributed by atoms with E-state index in [1.807, 2.05) is 0 Å². The summed E-state index contributed by atoms with van der Waals surface area (Å²) in [5.41, 5.74) is 0.0620. The fraction of sp³-hybridized carbons (Fsp3) is 0.133. The molecule has 0 radical (unpaired) electrons. The molecule has 0 aliphatic rings. The van der Waals surface area contributed by atoms with Crippen LogP contribution in [0.3, 0.4) is 0 Å². The van der Waals surface area contributed by atoms with Gasteiger partial charge in [-0.2, -0.15) is 0 Å². The van der Waals surface area contributed by atoms with Crippen molar-refractivity contribution >= 4 is 17.4 Å². The smallest absolute Gasteiger partial charge is 0.204 e. The van der Waals surface area contributed by atoms with Gasteiger partial charge in [0.05, 0.1) is 17.7 Å². The lowest BCUT2D eigenvalue weighted by atomic mass is 10.1. The van der Waals surface area contributed by atoms with Crippen LogP contribution >= 0.6 is 11.6 Å². The highest BCUT2D eigenvalue weighted by Crippen LogP contribution is 2.22. The van der Waals surface area contributed by atoms with Gasteiger partial charge in [-0.3, -0.25) is 4.79 Å². The maximum absolute atomic E-state index is 13.2. The van der Waals surface area contributed by atoms with Gasteiger partial charge in [-0.15, -0.1) is 0 Å². The molecule has 0 aliphatic carbocycles. The van der Waals surface area contributed by atoms with Crippen molar-refractivity contribution in [1.29, 1.82) is 0 Å². The van der Waals surface area contributed by atoms with E-state index in [2.05, 4.69) is 0 Å². The number of hydrogen-bond acceptors (Lipinski definition) is 3. The van der Waals surface area contributed by atoms with E-state index < -0.39 is 17.4 Å². The summed E-state index contributed by atoms with van der Waals surface area (Å²) < 4.78 is 36.6. The number of ketones is 1. The van der Waals surface area contributed by atoms with Gasteiger partial charge in [0.25, 0.3) is 0 Å². The fourth-order valence-corrected chi connectivity index (χ4v) is 1.81. The molecule has 21 heavy (non-hydrogen) atoms. The maximum Gasteiger partial charge on any atom is 0.204 e. The second kappa shape index (κ2) is 6.54. The molecule has 110 valence electrons. The Morgan fingerprint density at radius 2 is 1.95 bits per heavy atom. The highest BCUT2D eigenvalue weighted by molar-refractivity contribution is 6.30. The topological polar surface area (TPSA) is 35.5 Å². The minimum Gasteiger partial charge on any atom is -0.496 e. The second-order valence-corrected chi connectivity index (χ2v) is 4.54. The van der Waals surface area contributed by atoms with Gasteiger partial charge in [0.2, 0.25) is 5.78 Å². The van der Waals surface area contributed by atoms with Crippen molar-refractivity contribution in [1.82, 2.24) is 0 Å². The van der Waals surface area contributed by atoms with E-state index in [-0.39, 0.29) is 28.7 Å². The second-order valence-electron chi connectivity index (χ2n) is 4.13.